The Morgan fingerprint density at radius 1 is 1.13 bits per heavy atom. The number of hydrogen-bond donors (Lipinski definition) is 1. The number of hydrogen-bond acceptors (Lipinski definition) is 3. The van der Waals surface area contributed by atoms with Crippen LogP contribution in [0.2, 0.25) is 0 Å². The summed E-state index contributed by atoms with van der Waals surface area (Å²) in [6, 6.07) is 15.5. The van der Waals surface area contributed by atoms with Gasteiger partial charge in [0.15, 0.2) is 5.11 Å². The van der Waals surface area contributed by atoms with Crippen molar-refractivity contribution in [3.05, 3.63) is 53.6 Å². The Morgan fingerprint density at radius 3 is 2.60 bits per heavy atom. The third-order valence-corrected chi connectivity index (χ3v) is 6.80. The zero-order chi connectivity index (χ0) is 20.9. The Labute approximate surface area is 186 Å². The molecule has 0 saturated heterocycles. The van der Waals surface area contributed by atoms with Crippen LogP contribution in [0.15, 0.2) is 42.5 Å². The summed E-state index contributed by atoms with van der Waals surface area (Å²) in [5.74, 6) is 0.856. The van der Waals surface area contributed by atoms with Gasteiger partial charge in [-0.1, -0.05) is 25.0 Å². The van der Waals surface area contributed by atoms with Crippen molar-refractivity contribution < 1.29 is 4.74 Å². The molecule has 30 heavy (non-hydrogen) atoms. The van der Waals surface area contributed by atoms with E-state index in [9.17, 15) is 0 Å². The van der Waals surface area contributed by atoms with Crippen molar-refractivity contribution in [3.63, 3.8) is 0 Å². The van der Waals surface area contributed by atoms with E-state index in [4.69, 9.17) is 17.0 Å². The van der Waals surface area contributed by atoms with E-state index in [-0.39, 0.29) is 0 Å². The molecule has 160 valence electrons. The fourth-order valence-corrected chi connectivity index (χ4v) is 5.14. The van der Waals surface area contributed by atoms with Crippen molar-refractivity contribution >= 4 is 28.7 Å². The topological polar surface area (TPSA) is 27.7 Å². The fourth-order valence-electron chi connectivity index (χ4n) is 4.80. The monoisotopic (exact) mass is 423 g/mol. The molecule has 2 aromatic carbocycles. The van der Waals surface area contributed by atoms with Gasteiger partial charge in [0.05, 0.1) is 7.11 Å². The Hall–Kier alpha value is -2.27. The van der Waals surface area contributed by atoms with Gasteiger partial charge in [-0.05, 0) is 86.3 Å². The second kappa shape index (κ2) is 9.69. The summed E-state index contributed by atoms with van der Waals surface area (Å²) in [6.07, 6.45) is 7.45. The number of nitrogens with one attached hydrogen (secondary N) is 1. The summed E-state index contributed by atoms with van der Waals surface area (Å²) in [7, 11) is 1.69. The van der Waals surface area contributed by atoms with Gasteiger partial charge in [0.1, 0.15) is 5.75 Å². The zero-order valence-corrected chi connectivity index (χ0v) is 19.0. The van der Waals surface area contributed by atoms with Crippen LogP contribution in [-0.4, -0.2) is 36.3 Å². The predicted octanol–water partition coefficient (Wildman–Crippen LogP) is 5.61. The molecular formula is C25H33N3OS. The summed E-state index contributed by atoms with van der Waals surface area (Å²) in [5.41, 5.74) is 5.27. The van der Waals surface area contributed by atoms with E-state index in [2.05, 4.69) is 40.2 Å². The van der Waals surface area contributed by atoms with Gasteiger partial charge in [-0.25, -0.2) is 0 Å². The highest BCUT2D eigenvalue weighted by atomic mass is 32.1. The van der Waals surface area contributed by atoms with Gasteiger partial charge in [0, 0.05) is 37.1 Å². The summed E-state index contributed by atoms with van der Waals surface area (Å²) in [5, 5.41) is 4.28. The van der Waals surface area contributed by atoms with Gasteiger partial charge in [-0.15, -0.1) is 0 Å². The van der Waals surface area contributed by atoms with Crippen molar-refractivity contribution in [2.24, 2.45) is 0 Å². The van der Waals surface area contributed by atoms with Crippen molar-refractivity contribution in [2.45, 2.75) is 58.0 Å². The van der Waals surface area contributed by atoms with E-state index in [1.165, 1.54) is 61.9 Å². The van der Waals surface area contributed by atoms with Gasteiger partial charge in [0.2, 0.25) is 0 Å². The van der Waals surface area contributed by atoms with Gasteiger partial charge < -0.3 is 19.9 Å². The first-order chi connectivity index (χ1) is 14.7. The van der Waals surface area contributed by atoms with Crippen LogP contribution in [0.5, 0.6) is 5.75 Å². The molecule has 1 fully saturated rings. The molecule has 4 nitrogen and oxygen atoms in total. The number of methoxy groups -OCH3 is 1. The maximum absolute atomic E-state index is 5.89. The summed E-state index contributed by atoms with van der Waals surface area (Å²) in [4.78, 5) is 4.90. The minimum Gasteiger partial charge on any atom is -0.497 e. The van der Waals surface area contributed by atoms with Crippen LogP contribution in [0.3, 0.4) is 0 Å². The van der Waals surface area contributed by atoms with E-state index in [0.29, 0.717) is 6.04 Å². The number of thiocarbonyl (C=S) groups is 1. The first kappa shape index (κ1) is 21.0. The average Bonchev–Trinajstić information content (AvgIpc) is 3.31. The normalized spacial score (nSPS) is 16.3. The van der Waals surface area contributed by atoms with Crippen LogP contribution >= 0.6 is 12.2 Å². The first-order valence-electron chi connectivity index (χ1n) is 11.3. The van der Waals surface area contributed by atoms with Crippen molar-refractivity contribution in [1.29, 1.82) is 0 Å². The van der Waals surface area contributed by atoms with Crippen LogP contribution in [-0.2, 0) is 13.0 Å². The van der Waals surface area contributed by atoms with Crippen LogP contribution in [0.25, 0.3) is 0 Å². The first-order valence-corrected chi connectivity index (χ1v) is 11.7. The fraction of sp³-hybridized carbons (Fsp3) is 0.480. The highest BCUT2D eigenvalue weighted by Gasteiger charge is 2.25. The Kier molecular flexibility index (Phi) is 6.78. The molecule has 2 aliphatic rings. The van der Waals surface area contributed by atoms with Gasteiger partial charge >= 0.3 is 0 Å². The minimum absolute atomic E-state index is 0.520. The van der Waals surface area contributed by atoms with Crippen LogP contribution in [0, 0.1) is 0 Å². The minimum atomic E-state index is 0.520. The maximum Gasteiger partial charge on any atom is 0.173 e. The SMILES string of the molecule is CCN1CCCc2cc(CN(C(=S)Nc3ccc(OC)cc3)C3CCCC3)ccc21. The highest BCUT2D eigenvalue weighted by molar-refractivity contribution is 7.80. The summed E-state index contributed by atoms with van der Waals surface area (Å²) >= 11 is 5.89. The number of anilines is 2. The third-order valence-electron chi connectivity index (χ3n) is 6.46. The second-order valence-corrected chi connectivity index (χ2v) is 8.76. The van der Waals surface area contributed by atoms with E-state index in [0.717, 1.165) is 29.6 Å². The molecule has 4 rings (SSSR count). The number of ether oxygens (including phenoxy) is 1. The molecule has 0 unspecified atom stereocenters. The standard InChI is InChI=1S/C25H33N3OS/c1-3-27-16-6-7-20-17-19(10-15-24(20)27)18-28(22-8-4-5-9-22)25(30)26-21-11-13-23(29-2)14-12-21/h10-15,17,22H,3-9,16,18H2,1-2H3,(H,26,30). The van der Waals surface area contributed by atoms with Crippen molar-refractivity contribution in [2.75, 3.05) is 30.4 Å². The molecule has 1 aliphatic heterocycles. The quantitative estimate of drug-likeness (QED) is 0.610. The van der Waals surface area contributed by atoms with E-state index in [1.54, 1.807) is 7.11 Å². The van der Waals surface area contributed by atoms with Crippen LogP contribution < -0.4 is 15.0 Å². The molecule has 2 aromatic rings. The molecule has 1 saturated carbocycles. The number of benzene rings is 2. The Bertz CT molecular complexity index is 861. The molecule has 1 aliphatic carbocycles. The molecule has 0 amide bonds. The van der Waals surface area contributed by atoms with Crippen molar-refractivity contribution in [1.82, 2.24) is 4.90 Å². The molecule has 1 heterocycles. The van der Waals surface area contributed by atoms with Crippen molar-refractivity contribution in [3.8, 4) is 5.75 Å². The lowest BCUT2D eigenvalue weighted by Crippen LogP contribution is -2.41. The zero-order valence-electron chi connectivity index (χ0n) is 18.2. The molecular weight excluding hydrogens is 390 g/mol. The van der Waals surface area contributed by atoms with Crippen LogP contribution in [0.4, 0.5) is 11.4 Å². The van der Waals surface area contributed by atoms with E-state index in [1.807, 2.05) is 24.3 Å². The summed E-state index contributed by atoms with van der Waals surface area (Å²) in [6.45, 7) is 5.36. The molecule has 0 spiro atoms. The van der Waals surface area contributed by atoms with E-state index < -0.39 is 0 Å². The highest BCUT2D eigenvalue weighted by Crippen LogP contribution is 2.30. The lowest BCUT2D eigenvalue weighted by molar-refractivity contribution is 0.312. The second-order valence-electron chi connectivity index (χ2n) is 8.37. The lowest BCUT2D eigenvalue weighted by atomic mass is 9.99. The number of aryl methyl sites for hydroxylation is 1. The average molecular weight is 424 g/mol. The number of nitrogens with zero attached hydrogens (tertiary/aromatic N) is 2. The summed E-state index contributed by atoms with van der Waals surface area (Å²) < 4.78 is 5.27. The lowest BCUT2D eigenvalue weighted by Gasteiger charge is -2.33. The number of rotatable bonds is 6. The van der Waals surface area contributed by atoms with Gasteiger partial charge in [0.25, 0.3) is 0 Å². The molecule has 0 aromatic heterocycles. The largest absolute Gasteiger partial charge is 0.497 e. The molecule has 1 N–H and O–H groups in total. The molecule has 0 radical (unpaired) electrons. The molecule has 0 bridgehead atoms. The number of fused-ring (bicyclic) bond motifs is 1. The van der Waals surface area contributed by atoms with E-state index >= 15 is 0 Å². The smallest absolute Gasteiger partial charge is 0.173 e. The Morgan fingerprint density at radius 2 is 1.90 bits per heavy atom. The molecule has 5 heteroatoms. The van der Waals surface area contributed by atoms with Gasteiger partial charge in [-0.2, -0.15) is 0 Å². The molecule has 0 atom stereocenters. The third kappa shape index (κ3) is 4.72. The van der Waals surface area contributed by atoms with Crippen LogP contribution in [0.1, 0.15) is 50.2 Å². The Balaban J connectivity index is 1.51. The van der Waals surface area contributed by atoms with Gasteiger partial charge in [-0.3, -0.25) is 0 Å². The maximum atomic E-state index is 5.89. The predicted molar refractivity (Wildman–Crippen MR) is 130 cm³/mol.